The van der Waals surface area contributed by atoms with Crippen molar-refractivity contribution in [2.24, 2.45) is 0 Å². The maximum Gasteiger partial charge on any atom is 0.244 e. The van der Waals surface area contributed by atoms with Crippen molar-refractivity contribution in [1.29, 1.82) is 0 Å². The average Bonchev–Trinajstić information content (AvgIpc) is 3.30. The van der Waals surface area contributed by atoms with Crippen molar-refractivity contribution < 1.29 is 31.2 Å². The molecule has 2 amide bonds. The summed E-state index contributed by atoms with van der Waals surface area (Å²) in [6, 6.07) is 6.87. The lowest BCUT2D eigenvalue weighted by Crippen LogP contribution is -2.52. The van der Waals surface area contributed by atoms with Gasteiger partial charge in [-0.25, -0.2) is 21.6 Å². The van der Waals surface area contributed by atoms with E-state index in [-0.39, 0.29) is 18.3 Å². The summed E-state index contributed by atoms with van der Waals surface area (Å²) in [5, 5.41) is 2.92. The predicted molar refractivity (Wildman–Crippen MR) is 125 cm³/mol. The molecule has 11 heteroatoms. The van der Waals surface area contributed by atoms with E-state index in [9.17, 15) is 31.2 Å². The zero-order valence-corrected chi connectivity index (χ0v) is 20.3. The van der Waals surface area contributed by atoms with Crippen molar-refractivity contribution in [3.8, 4) is 0 Å². The molecule has 2 aromatic rings. The van der Waals surface area contributed by atoms with Crippen LogP contribution in [0.4, 0.5) is 18.9 Å². The van der Waals surface area contributed by atoms with E-state index in [0.29, 0.717) is 15.9 Å². The molecule has 1 aliphatic carbocycles. The average molecular weight is 512 g/mol. The van der Waals surface area contributed by atoms with Gasteiger partial charge in [-0.1, -0.05) is 25.0 Å². The van der Waals surface area contributed by atoms with E-state index in [0.717, 1.165) is 44.1 Å². The summed E-state index contributed by atoms with van der Waals surface area (Å²) in [7, 11) is -4.07. The van der Waals surface area contributed by atoms with Crippen molar-refractivity contribution in [3.63, 3.8) is 0 Å². The molecule has 3 rings (SSSR count). The fourth-order valence-corrected chi connectivity index (χ4v) is 4.86. The summed E-state index contributed by atoms with van der Waals surface area (Å²) < 4.78 is 66.1. The van der Waals surface area contributed by atoms with Crippen LogP contribution in [-0.4, -0.2) is 50.0 Å². The quantitative estimate of drug-likeness (QED) is 0.560. The number of rotatable bonds is 9. The number of carbonyl (C=O) groups is 2. The molecule has 0 spiro atoms. The summed E-state index contributed by atoms with van der Waals surface area (Å²) in [5.41, 5.74) is 0.295. The number of sulfonamides is 1. The van der Waals surface area contributed by atoms with Gasteiger partial charge in [-0.05, 0) is 49.6 Å². The standard InChI is InChI=1S/C24H28F3N3O4S/c1-16(24(32)28-19-5-3-4-6-19)29(14-17-7-9-18(25)10-8-17)23(31)15-30(35(2,33)34)20-11-12-21(26)22(27)13-20/h7-13,16,19H,3-6,14-15H2,1-2H3,(H,28,32)/t16-/m1/s1. The van der Waals surface area contributed by atoms with Crippen LogP contribution in [0.25, 0.3) is 0 Å². The van der Waals surface area contributed by atoms with E-state index in [1.165, 1.54) is 36.1 Å². The van der Waals surface area contributed by atoms with Crippen molar-refractivity contribution in [2.45, 2.75) is 51.2 Å². The summed E-state index contributed by atoms with van der Waals surface area (Å²) >= 11 is 0. The van der Waals surface area contributed by atoms with Gasteiger partial charge in [-0.15, -0.1) is 0 Å². The van der Waals surface area contributed by atoms with E-state index in [1.807, 2.05) is 0 Å². The Balaban J connectivity index is 1.88. The molecule has 190 valence electrons. The van der Waals surface area contributed by atoms with Crippen molar-refractivity contribution >= 4 is 27.5 Å². The Labute approximate surface area is 203 Å². The van der Waals surface area contributed by atoms with Gasteiger partial charge < -0.3 is 10.2 Å². The highest BCUT2D eigenvalue weighted by Crippen LogP contribution is 2.22. The van der Waals surface area contributed by atoms with E-state index >= 15 is 0 Å². The second-order valence-corrected chi connectivity index (χ2v) is 10.6. The molecule has 35 heavy (non-hydrogen) atoms. The Bertz CT molecular complexity index is 1170. The number of hydrogen-bond donors (Lipinski definition) is 1. The van der Waals surface area contributed by atoms with Crippen LogP contribution < -0.4 is 9.62 Å². The van der Waals surface area contributed by atoms with Crippen LogP contribution in [0.2, 0.25) is 0 Å². The number of halogens is 3. The number of carbonyl (C=O) groups excluding carboxylic acids is 2. The minimum absolute atomic E-state index is 0.00225. The minimum Gasteiger partial charge on any atom is -0.352 e. The highest BCUT2D eigenvalue weighted by molar-refractivity contribution is 7.92. The minimum atomic E-state index is -4.07. The van der Waals surface area contributed by atoms with Crippen LogP contribution in [0.15, 0.2) is 42.5 Å². The molecule has 0 aromatic heterocycles. The summed E-state index contributed by atoms with van der Waals surface area (Å²) in [4.78, 5) is 27.5. The van der Waals surface area contributed by atoms with Crippen molar-refractivity contribution in [1.82, 2.24) is 10.2 Å². The third-order valence-corrected chi connectivity index (χ3v) is 7.15. The number of benzene rings is 2. The van der Waals surface area contributed by atoms with E-state index < -0.39 is 51.9 Å². The zero-order valence-electron chi connectivity index (χ0n) is 19.5. The maximum absolute atomic E-state index is 13.8. The third kappa shape index (κ3) is 6.97. The molecule has 0 aliphatic heterocycles. The van der Waals surface area contributed by atoms with Gasteiger partial charge in [0.15, 0.2) is 11.6 Å². The maximum atomic E-state index is 13.8. The molecule has 7 nitrogen and oxygen atoms in total. The zero-order chi connectivity index (χ0) is 25.8. The fourth-order valence-electron chi connectivity index (χ4n) is 4.01. The molecule has 2 aromatic carbocycles. The van der Waals surface area contributed by atoms with E-state index in [1.54, 1.807) is 0 Å². The Morgan fingerprint density at radius 2 is 1.66 bits per heavy atom. The first-order valence-electron chi connectivity index (χ1n) is 11.2. The molecule has 1 saturated carbocycles. The smallest absolute Gasteiger partial charge is 0.244 e. The molecule has 1 atom stereocenters. The molecular formula is C24H28F3N3O4S. The first kappa shape index (κ1) is 26.5. The number of anilines is 1. The Hall–Kier alpha value is -3.08. The van der Waals surface area contributed by atoms with Crippen LogP contribution in [0.5, 0.6) is 0 Å². The highest BCUT2D eigenvalue weighted by atomic mass is 32.2. The third-order valence-electron chi connectivity index (χ3n) is 6.01. The summed E-state index contributed by atoms with van der Waals surface area (Å²) in [6.07, 6.45) is 4.50. The topological polar surface area (TPSA) is 86.8 Å². The highest BCUT2D eigenvalue weighted by Gasteiger charge is 2.31. The lowest BCUT2D eigenvalue weighted by molar-refractivity contribution is -0.139. The monoisotopic (exact) mass is 511 g/mol. The van der Waals surface area contributed by atoms with Gasteiger partial charge >= 0.3 is 0 Å². The first-order chi connectivity index (χ1) is 16.5. The summed E-state index contributed by atoms with van der Waals surface area (Å²) in [5.74, 6) is -4.04. The number of hydrogen-bond acceptors (Lipinski definition) is 4. The lowest BCUT2D eigenvalue weighted by Gasteiger charge is -2.32. The van der Waals surface area contributed by atoms with E-state index in [4.69, 9.17) is 0 Å². The van der Waals surface area contributed by atoms with Gasteiger partial charge in [0.05, 0.1) is 11.9 Å². The van der Waals surface area contributed by atoms with Gasteiger partial charge in [0.2, 0.25) is 21.8 Å². The van der Waals surface area contributed by atoms with Gasteiger partial charge in [0.25, 0.3) is 0 Å². The van der Waals surface area contributed by atoms with Crippen LogP contribution in [0.1, 0.15) is 38.2 Å². The van der Waals surface area contributed by atoms with E-state index in [2.05, 4.69) is 5.32 Å². The fraction of sp³-hybridized carbons (Fsp3) is 0.417. The van der Waals surface area contributed by atoms with Crippen LogP contribution in [0, 0.1) is 17.5 Å². The molecule has 0 radical (unpaired) electrons. The molecule has 1 fully saturated rings. The second kappa shape index (κ2) is 11.1. The normalized spacial score (nSPS) is 15.0. The molecule has 1 N–H and O–H groups in total. The van der Waals surface area contributed by atoms with Crippen LogP contribution in [-0.2, 0) is 26.2 Å². The number of nitrogens with one attached hydrogen (secondary N) is 1. The van der Waals surface area contributed by atoms with Crippen LogP contribution in [0.3, 0.4) is 0 Å². The number of nitrogens with zero attached hydrogens (tertiary/aromatic N) is 2. The van der Waals surface area contributed by atoms with Crippen molar-refractivity contribution in [2.75, 3.05) is 17.1 Å². The van der Waals surface area contributed by atoms with Crippen LogP contribution >= 0.6 is 0 Å². The summed E-state index contributed by atoms with van der Waals surface area (Å²) in [6.45, 7) is 0.688. The Kier molecular flexibility index (Phi) is 8.42. The second-order valence-electron chi connectivity index (χ2n) is 8.68. The SMILES string of the molecule is C[C@H](C(=O)NC1CCCC1)N(Cc1ccc(F)cc1)C(=O)CN(c1ccc(F)c(F)c1)S(C)(=O)=O. The van der Waals surface area contributed by atoms with Gasteiger partial charge in [-0.3, -0.25) is 13.9 Å². The molecule has 1 aliphatic rings. The first-order valence-corrected chi connectivity index (χ1v) is 13.1. The Morgan fingerprint density at radius 3 is 2.23 bits per heavy atom. The number of amides is 2. The van der Waals surface area contributed by atoms with Gasteiger partial charge in [0, 0.05) is 18.7 Å². The molecule has 0 saturated heterocycles. The Morgan fingerprint density at radius 1 is 1.03 bits per heavy atom. The predicted octanol–water partition coefficient (Wildman–Crippen LogP) is 3.35. The molecular weight excluding hydrogens is 483 g/mol. The van der Waals surface area contributed by atoms with Gasteiger partial charge in [0.1, 0.15) is 18.4 Å². The molecule has 0 heterocycles. The van der Waals surface area contributed by atoms with Crippen molar-refractivity contribution in [3.05, 3.63) is 65.5 Å². The molecule has 0 bridgehead atoms. The lowest BCUT2D eigenvalue weighted by atomic mass is 10.1. The van der Waals surface area contributed by atoms with Gasteiger partial charge in [-0.2, -0.15) is 0 Å². The largest absolute Gasteiger partial charge is 0.352 e. The molecule has 0 unspecified atom stereocenters.